The van der Waals surface area contributed by atoms with Crippen LogP contribution in [0.15, 0.2) is 36.4 Å². The molecule has 1 nitrogen and oxygen atoms in total. The van der Waals surface area contributed by atoms with Crippen LogP contribution in [0.4, 0.5) is 8.78 Å². The van der Waals surface area contributed by atoms with Gasteiger partial charge in [-0.3, -0.25) is 0 Å². The summed E-state index contributed by atoms with van der Waals surface area (Å²) in [4.78, 5) is 0. The molecule has 0 aliphatic heterocycles. The fourth-order valence-electron chi connectivity index (χ4n) is 1.87. The fourth-order valence-corrected chi connectivity index (χ4v) is 2.14. The number of nitrogens with one attached hydrogen (secondary N) is 1. The first kappa shape index (κ1) is 13.0. The normalized spacial score (nSPS) is 10.7. The Kier molecular flexibility index (Phi) is 3.94. The van der Waals surface area contributed by atoms with Crippen molar-refractivity contribution < 1.29 is 8.78 Å². The molecule has 18 heavy (non-hydrogen) atoms. The van der Waals surface area contributed by atoms with Crippen LogP contribution in [0.3, 0.4) is 0 Å². The van der Waals surface area contributed by atoms with Crippen molar-refractivity contribution in [1.29, 1.82) is 0 Å². The molecule has 4 heteroatoms. The summed E-state index contributed by atoms with van der Waals surface area (Å²) in [6.07, 6.45) is 0. The van der Waals surface area contributed by atoms with E-state index < -0.39 is 0 Å². The van der Waals surface area contributed by atoms with Crippen LogP contribution in [-0.4, -0.2) is 7.05 Å². The Labute approximate surface area is 109 Å². The van der Waals surface area contributed by atoms with Gasteiger partial charge < -0.3 is 5.32 Å². The second-order valence-electron chi connectivity index (χ2n) is 3.96. The van der Waals surface area contributed by atoms with Crippen LogP contribution >= 0.6 is 11.6 Å². The summed E-state index contributed by atoms with van der Waals surface area (Å²) in [5.41, 5.74) is 2.28. The van der Waals surface area contributed by atoms with Crippen molar-refractivity contribution in [2.45, 2.75) is 6.54 Å². The molecular formula is C14H12ClF2N. The van der Waals surface area contributed by atoms with Crippen molar-refractivity contribution in [3.63, 3.8) is 0 Å². The molecule has 0 aliphatic carbocycles. The van der Waals surface area contributed by atoms with Crippen molar-refractivity contribution in [1.82, 2.24) is 5.32 Å². The first-order valence-corrected chi connectivity index (χ1v) is 5.88. The molecule has 0 spiro atoms. The Bertz CT molecular complexity index is 570. The van der Waals surface area contributed by atoms with E-state index in [0.717, 1.165) is 11.1 Å². The second kappa shape index (κ2) is 5.46. The van der Waals surface area contributed by atoms with Gasteiger partial charge in [0.1, 0.15) is 11.6 Å². The van der Waals surface area contributed by atoms with Gasteiger partial charge >= 0.3 is 0 Å². The summed E-state index contributed by atoms with van der Waals surface area (Å²) < 4.78 is 26.2. The maximum atomic E-state index is 13.2. The van der Waals surface area contributed by atoms with E-state index in [0.29, 0.717) is 17.1 Å². The van der Waals surface area contributed by atoms with Crippen LogP contribution in [0.2, 0.25) is 5.02 Å². The average Bonchev–Trinajstić information content (AvgIpc) is 2.31. The van der Waals surface area contributed by atoms with E-state index in [2.05, 4.69) is 5.32 Å². The van der Waals surface area contributed by atoms with E-state index in [1.54, 1.807) is 19.2 Å². The van der Waals surface area contributed by atoms with Crippen LogP contribution in [0.1, 0.15) is 5.56 Å². The Hall–Kier alpha value is -1.45. The summed E-state index contributed by atoms with van der Waals surface area (Å²) in [7, 11) is 1.78. The largest absolute Gasteiger partial charge is 0.316 e. The topological polar surface area (TPSA) is 12.0 Å². The molecule has 2 aromatic carbocycles. The van der Waals surface area contributed by atoms with Crippen LogP contribution in [0.25, 0.3) is 11.1 Å². The van der Waals surface area contributed by atoms with Crippen molar-refractivity contribution in [2.24, 2.45) is 0 Å². The monoisotopic (exact) mass is 267 g/mol. The molecule has 0 unspecified atom stereocenters. The number of benzene rings is 2. The zero-order chi connectivity index (χ0) is 13.1. The number of rotatable bonds is 3. The number of hydrogen-bond donors (Lipinski definition) is 1. The summed E-state index contributed by atoms with van der Waals surface area (Å²) in [5.74, 6) is -0.691. The fraction of sp³-hybridized carbons (Fsp3) is 0.143. The zero-order valence-electron chi connectivity index (χ0n) is 9.81. The van der Waals surface area contributed by atoms with Crippen LogP contribution in [0, 0.1) is 11.6 Å². The maximum Gasteiger partial charge on any atom is 0.124 e. The van der Waals surface area contributed by atoms with Gasteiger partial charge in [-0.1, -0.05) is 17.7 Å². The smallest absolute Gasteiger partial charge is 0.124 e. The molecule has 0 atom stereocenters. The molecule has 2 rings (SSSR count). The number of hydrogen-bond acceptors (Lipinski definition) is 1. The van der Waals surface area contributed by atoms with Crippen LogP contribution < -0.4 is 5.32 Å². The SMILES string of the molecule is CNCc1cc(F)ccc1-c1ccc(F)cc1Cl. The maximum absolute atomic E-state index is 13.2. The minimum absolute atomic E-state index is 0.303. The van der Waals surface area contributed by atoms with Gasteiger partial charge in [-0.05, 0) is 48.5 Å². The van der Waals surface area contributed by atoms with E-state index in [4.69, 9.17) is 11.6 Å². The molecule has 0 aromatic heterocycles. The summed E-state index contributed by atoms with van der Waals surface area (Å²) in [6.45, 7) is 0.515. The summed E-state index contributed by atoms with van der Waals surface area (Å²) in [6, 6.07) is 8.67. The summed E-state index contributed by atoms with van der Waals surface area (Å²) >= 11 is 6.02. The first-order chi connectivity index (χ1) is 8.61. The molecule has 0 heterocycles. The van der Waals surface area contributed by atoms with Gasteiger partial charge in [0.25, 0.3) is 0 Å². The standard InChI is InChI=1S/C14H12ClF2N/c1-18-8-9-6-10(16)2-4-12(9)13-5-3-11(17)7-14(13)15/h2-7,18H,8H2,1H3. The van der Waals surface area contributed by atoms with E-state index >= 15 is 0 Å². The van der Waals surface area contributed by atoms with Crippen molar-refractivity contribution in [3.8, 4) is 11.1 Å². The van der Waals surface area contributed by atoms with E-state index in [1.807, 2.05) is 0 Å². The van der Waals surface area contributed by atoms with Crippen molar-refractivity contribution >= 4 is 11.6 Å². The molecule has 1 N–H and O–H groups in total. The molecule has 0 saturated carbocycles. The van der Waals surface area contributed by atoms with E-state index in [9.17, 15) is 8.78 Å². The lowest BCUT2D eigenvalue weighted by molar-refractivity contribution is 0.623. The lowest BCUT2D eigenvalue weighted by Crippen LogP contribution is -2.07. The highest BCUT2D eigenvalue weighted by Gasteiger charge is 2.10. The van der Waals surface area contributed by atoms with Crippen molar-refractivity contribution in [2.75, 3.05) is 7.05 Å². The lowest BCUT2D eigenvalue weighted by atomic mass is 9.99. The highest BCUT2D eigenvalue weighted by Crippen LogP contribution is 2.31. The average molecular weight is 268 g/mol. The predicted octanol–water partition coefficient (Wildman–Crippen LogP) is 4.00. The minimum Gasteiger partial charge on any atom is -0.316 e. The molecule has 94 valence electrons. The molecule has 0 bridgehead atoms. The minimum atomic E-state index is -0.388. The third-order valence-corrected chi connectivity index (χ3v) is 2.97. The third-order valence-electron chi connectivity index (χ3n) is 2.66. The molecule has 0 fully saturated rings. The van der Waals surface area contributed by atoms with E-state index in [1.165, 1.54) is 24.3 Å². The molecule has 0 saturated heterocycles. The van der Waals surface area contributed by atoms with Gasteiger partial charge in [0.05, 0.1) is 5.02 Å². The van der Waals surface area contributed by atoms with Gasteiger partial charge in [0, 0.05) is 12.1 Å². The molecule has 2 aromatic rings. The number of halogens is 3. The predicted molar refractivity (Wildman–Crippen MR) is 69.6 cm³/mol. The highest BCUT2D eigenvalue weighted by molar-refractivity contribution is 6.33. The van der Waals surface area contributed by atoms with Gasteiger partial charge in [-0.25, -0.2) is 8.78 Å². The molecule has 0 amide bonds. The molecule has 0 radical (unpaired) electrons. The zero-order valence-corrected chi connectivity index (χ0v) is 10.6. The lowest BCUT2D eigenvalue weighted by Gasteiger charge is -2.11. The Morgan fingerprint density at radius 2 is 1.61 bits per heavy atom. The Balaban J connectivity index is 2.55. The van der Waals surface area contributed by atoms with E-state index in [-0.39, 0.29) is 11.6 Å². The van der Waals surface area contributed by atoms with Gasteiger partial charge in [0.15, 0.2) is 0 Å². The highest BCUT2D eigenvalue weighted by atomic mass is 35.5. The first-order valence-electron chi connectivity index (χ1n) is 5.50. The van der Waals surface area contributed by atoms with Crippen LogP contribution in [0.5, 0.6) is 0 Å². The third kappa shape index (κ3) is 2.68. The Morgan fingerprint density at radius 1 is 1.00 bits per heavy atom. The second-order valence-corrected chi connectivity index (χ2v) is 4.36. The van der Waals surface area contributed by atoms with Gasteiger partial charge in [-0.2, -0.15) is 0 Å². The van der Waals surface area contributed by atoms with Crippen LogP contribution in [-0.2, 0) is 6.54 Å². The molecular weight excluding hydrogens is 256 g/mol. The van der Waals surface area contributed by atoms with Gasteiger partial charge in [0.2, 0.25) is 0 Å². The van der Waals surface area contributed by atoms with Crippen molar-refractivity contribution in [3.05, 3.63) is 58.6 Å². The molecule has 0 aliphatic rings. The quantitative estimate of drug-likeness (QED) is 0.886. The van der Waals surface area contributed by atoms with Gasteiger partial charge in [-0.15, -0.1) is 0 Å². The Morgan fingerprint density at radius 3 is 2.22 bits per heavy atom. The summed E-state index contributed by atoms with van der Waals surface area (Å²) in [5, 5.41) is 3.29.